The van der Waals surface area contributed by atoms with Gasteiger partial charge in [-0.2, -0.15) is 0 Å². The molecule has 0 aromatic heterocycles. The van der Waals surface area contributed by atoms with Crippen LogP contribution in [0, 0.1) is 0 Å². The van der Waals surface area contributed by atoms with Gasteiger partial charge in [-0.15, -0.1) is 0 Å². The van der Waals surface area contributed by atoms with Gasteiger partial charge in [-0.1, -0.05) is 23.2 Å². The van der Waals surface area contributed by atoms with E-state index in [2.05, 4.69) is 4.90 Å². The molecule has 3 fully saturated rings. The second kappa shape index (κ2) is 9.01. The molecular formula is C22H30Cl2N2O3. The van der Waals surface area contributed by atoms with Crippen LogP contribution in [0.4, 0.5) is 0 Å². The molecule has 0 bridgehead atoms. The van der Waals surface area contributed by atoms with E-state index < -0.39 is 0 Å². The molecule has 1 aliphatic carbocycles. The molecule has 0 unspecified atom stereocenters. The molecule has 2 heterocycles. The Labute approximate surface area is 183 Å². The van der Waals surface area contributed by atoms with Gasteiger partial charge in [0.1, 0.15) is 5.75 Å². The summed E-state index contributed by atoms with van der Waals surface area (Å²) >= 11 is 12.0. The maximum atomic E-state index is 12.9. The largest absolute Gasteiger partial charge is 0.484 e. The normalized spacial score (nSPS) is 30.0. The number of benzene rings is 1. The van der Waals surface area contributed by atoms with Gasteiger partial charge in [0, 0.05) is 35.8 Å². The highest BCUT2D eigenvalue weighted by Crippen LogP contribution is 2.42. The number of likely N-dealkylation sites (tertiary alicyclic amines) is 1. The third kappa shape index (κ3) is 4.84. The smallest absolute Gasteiger partial charge is 0.260 e. The van der Waals surface area contributed by atoms with E-state index >= 15 is 0 Å². The van der Waals surface area contributed by atoms with Crippen molar-refractivity contribution in [2.75, 3.05) is 33.4 Å². The second-order valence-electron chi connectivity index (χ2n) is 8.65. The van der Waals surface area contributed by atoms with E-state index in [4.69, 9.17) is 32.7 Å². The lowest BCUT2D eigenvalue weighted by atomic mass is 9.76. The number of rotatable bonds is 5. The van der Waals surface area contributed by atoms with Gasteiger partial charge in [-0.25, -0.2) is 0 Å². The van der Waals surface area contributed by atoms with E-state index in [1.165, 1.54) is 12.8 Å². The molecule has 2 aliphatic heterocycles. The van der Waals surface area contributed by atoms with Crippen molar-refractivity contribution in [1.82, 2.24) is 9.80 Å². The number of hydrogen-bond donors (Lipinski definition) is 0. The number of halogens is 2. The monoisotopic (exact) mass is 440 g/mol. The average molecular weight is 441 g/mol. The summed E-state index contributed by atoms with van der Waals surface area (Å²) in [4.78, 5) is 17.4. The van der Waals surface area contributed by atoms with Crippen molar-refractivity contribution in [2.24, 2.45) is 0 Å². The second-order valence-corrected chi connectivity index (χ2v) is 9.53. The first-order valence-electron chi connectivity index (χ1n) is 10.7. The summed E-state index contributed by atoms with van der Waals surface area (Å²) in [6, 6.07) is 5.56. The lowest BCUT2D eigenvalue weighted by Gasteiger charge is -2.48. The van der Waals surface area contributed by atoms with Crippen LogP contribution in [0.1, 0.15) is 44.9 Å². The number of amides is 1. The van der Waals surface area contributed by atoms with Crippen LogP contribution in [0.15, 0.2) is 18.2 Å². The molecule has 1 aromatic carbocycles. The fourth-order valence-corrected chi connectivity index (χ4v) is 5.78. The Morgan fingerprint density at radius 1 is 1.21 bits per heavy atom. The number of hydrogen-bond acceptors (Lipinski definition) is 4. The van der Waals surface area contributed by atoms with Crippen LogP contribution in [0.25, 0.3) is 0 Å². The Balaban J connectivity index is 1.42. The van der Waals surface area contributed by atoms with Gasteiger partial charge in [0.2, 0.25) is 0 Å². The third-order valence-corrected chi connectivity index (χ3v) is 7.24. The zero-order valence-corrected chi connectivity index (χ0v) is 18.6. The summed E-state index contributed by atoms with van der Waals surface area (Å²) in [5.74, 6) is 0.501. The SMILES string of the molecule is CN(C(=O)COc1cc(Cl)cc(Cl)c1)[C@H]1CC[C@@]2(CCCO2)C[C@@H]1N1CCCC1. The lowest BCUT2D eigenvalue weighted by molar-refractivity contribution is -0.139. The first-order chi connectivity index (χ1) is 14.0. The Hall–Kier alpha value is -1.01. The first-order valence-corrected chi connectivity index (χ1v) is 11.4. The van der Waals surface area contributed by atoms with Crippen LogP contribution in [0.2, 0.25) is 10.0 Å². The molecule has 1 spiro atoms. The molecule has 1 saturated carbocycles. The molecule has 29 heavy (non-hydrogen) atoms. The zero-order valence-electron chi connectivity index (χ0n) is 17.0. The highest BCUT2D eigenvalue weighted by atomic mass is 35.5. The predicted molar refractivity (Wildman–Crippen MR) is 115 cm³/mol. The molecule has 2 saturated heterocycles. The molecule has 160 valence electrons. The third-order valence-electron chi connectivity index (χ3n) is 6.80. The lowest BCUT2D eigenvalue weighted by Crippen LogP contribution is -2.58. The molecule has 3 atom stereocenters. The van der Waals surface area contributed by atoms with Crippen molar-refractivity contribution in [3.8, 4) is 5.75 Å². The van der Waals surface area contributed by atoms with Gasteiger partial charge in [-0.05, 0) is 76.2 Å². The van der Waals surface area contributed by atoms with Crippen LogP contribution in [-0.2, 0) is 9.53 Å². The molecule has 1 aromatic rings. The average Bonchev–Trinajstić information content (AvgIpc) is 3.37. The molecular weight excluding hydrogens is 411 g/mol. The maximum absolute atomic E-state index is 12.9. The predicted octanol–water partition coefficient (Wildman–Crippen LogP) is 4.40. The Kier molecular flexibility index (Phi) is 6.59. The number of likely N-dealkylation sites (N-methyl/N-ethyl adjacent to an activating group) is 1. The van der Waals surface area contributed by atoms with Crippen LogP contribution in [0.5, 0.6) is 5.75 Å². The first kappa shape index (κ1) is 21.2. The molecule has 5 nitrogen and oxygen atoms in total. The van der Waals surface area contributed by atoms with Gasteiger partial charge in [-0.3, -0.25) is 9.69 Å². The van der Waals surface area contributed by atoms with Crippen LogP contribution in [-0.4, -0.2) is 66.7 Å². The quantitative estimate of drug-likeness (QED) is 0.680. The van der Waals surface area contributed by atoms with Gasteiger partial charge in [0.05, 0.1) is 5.60 Å². The van der Waals surface area contributed by atoms with Crippen molar-refractivity contribution in [1.29, 1.82) is 0 Å². The molecule has 3 aliphatic rings. The van der Waals surface area contributed by atoms with Crippen LogP contribution < -0.4 is 4.74 Å². The van der Waals surface area contributed by atoms with E-state index in [0.717, 1.165) is 51.8 Å². The Bertz CT molecular complexity index is 713. The molecule has 1 amide bonds. The van der Waals surface area contributed by atoms with Crippen molar-refractivity contribution in [2.45, 2.75) is 62.6 Å². The summed E-state index contributed by atoms with van der Waals surface area (Å²) in [6.45, 7) is 3.10. The molecule has 0 radical (unpaired) electrons. The standard InChI is InChI=1S/C22H30Cl2N2O3/c1-25(21(27)15-28-18-12-16(23)11-17(24)13-18)19-5-7-22(6-4-10-29-22)14-20(19)26-8-2-3-9-26/h11-13,19-20H,2-10,14-15H2,1H3/t19-,20-,22-/m0/s1. The molecule has 7 heteroatoms. The number of carbonyl (C=O) groups excluding carboxylic acids is 1. The Morgan fingerprint density at radius 3 is 2.59 bits per heavy atom. The van der Waals surface area contributed by atoms with Gasteiger partial charge in [0.25, 0.3) is 5.91 Å². The topological polar surface area (TPSA) is 42.0 Å². The van der Waals surface area contributed by atoms with E-state index in [9.17, 15) is 4.79 Å². The zero-order chi connectivity index (χ0) is 20.4. The summed E-state index contributed by atoms with van der Waals surface area (Å²) in [6.07, 6.45) is 7.83. The van der Waals surface area contributed by atoms with E-state index in [-0.39, 0.29) is 24.2 Å². The minimum atomic E-state index is -0.0158. The van der Waals surface area contributed by atoms with Crippen molar-refractivity contribution >= 4 is 29.1 Å². The minimum Gasteiger partial charge on any atom is -0.484 e. The number of ether oxygens (including phenoxy) is 2. The summed E-state index contributed by atoms with van der Waals surface area (Å²) in [5, 5.41) is 0.994. The summed E-state index contributed by atoms with van der Waals surface area (Å²) in [7, 11) is 1.91. The highest BCUT2D eigenvalue weighted by Gasteiger charge is 2.47. The van der Waals surface area contributed by atoms with E-state index in [1.54, 1.807) is 18.2 Å². The fraction of sp³-hybridized carbons (Fsp3) is 0.682. The van der Waals surface area contributed by atoms with Crippen molar-refractivity contribution in [3.63, 3.8) is 0 Å². The maximum Gasteiger partial charge on any atom is 0.260 e. The van der Waals surface area contributed by atoms with Gasteiger partial charge < -0.3 is 14.4 Å². The van der Waals surface area contributed by atoms with Crippen molar-refractivity contribution < 1.29 is 14.3 Å². The molecule has 0 N–H and O–H groups in total. The number of nitrogens with zero attached hydrogens (tertiary/aromatic N) is 2. The van der Waals surface area contributed by atoms with Crippen LogP contribution >= 0.6 is 23.2 Å². The fourth-order valence-electron chi connectivity index (χ4n) is 5.28. The number of carbonyl (C=O) groups is 1. The molecule has 4 rings (SSSR count). The van der Waals surface area contributed by atoms with E-state index in [1.807, 2.05) is 11.9 Å². The summed E-state index contributed by atoms with van der Waals surface area (Å²) < 4.78 is 11.9. The van der Waals surface area contributed by atoms with Gasteiger partial charge >= 0.3 is 0 Å². The Morgan fingerprint density at radius 2 is 1.93 bits per heavy atom. The minimum absolute atomic E-state index is 0.0152. The van der Waals surface area contributed by atoms with Gasteiger partial charge in [0.15, 0.2) is 6.61 Å². The van der Waals surface area contributed by atoms with E-state index in [0.29, 0.717) is 21.8 Å². The summed E-state index contributed by atoms with van der Waals surface area (Å²) in [5.41, 5.74) is 0.0294. The van der Waals surface area contributed by atoms with Crippen LogP contribution in [0.3, 0.4) is 0 Å². The van der Waals surface area contributed by atoms with Crippen molar-refractivity contribution in [3.05, 3.63) is 28.2 Å². The highest BCUT2D eigenvalue weighted by molar-refractivity contribution is 6.34.